The number of rotatable bonds is 0. The molecule has 2 aliphatic heterocycles. The zero-order valence-electron chi connectivity index (χ0n) is 9.63. The third-order valence-corrected chi connectivity index (χ3v) is 3.98. The molecule has 0 amide bonds. The Balaban J connectivity index is 2.00. The third kappa shape index (κ3) is 1.39. The molecule has 0 saturated carbocycles. The summed E-state index contributed by atoms with van der Waals surface area (Å²) in [5.41, 5.74) is 9.18. The van der Waals surface area contributed by atoms with Crippen molar-refractivity contribution in [3.05, 3.63) is 47.6 Å². The highest BCUT2D eigenvalue weighted by molar-refractivity contribution is 6.70. The summed E-state index contributed by atoms with van der Waals surface area (Å²) in [6, 6.07) is 0.224. The molecule has 0 aromatic heterocycles. The zero-order chi connectivity index (χ0) is 11.1. The molecule has 0 bridgehead atoms. The first-order valence-corrected chi connectivity index (χ1v) is 6.06. The minimum absolute atomic E-state index is 0.224. The molecule has 1 aliphatic carbocycles. The molecule has 2 atom stereocenters. The van der Waals surface area contributed by atoms with E-state index in [0.29, 0.717) is 12.8 Å². The number of hydrogen-bond acceptors (Lipinski definition) is 2. The van der Waals surface area contributed by atoms with Crippen molar-refractivity contribution in [1.29, 1.82) is 0 Å². The minimum atomic E-state index is 0.224. The van der Waals surface area contributed by atoms with Crippen molar-refractivity contribution in [3.8, 4) is 0 Å². The van der Waals surface area contributed by atoms with Crippen molar-refractivity contribution in [2.45, 2.75) is 25.8 Å². The fourth-order valence-corrected chi connectivity index (χ4v) is 2.88. The van der Waals surface area contributed by atoms with E-state index in [2.05, 4.69) is 48.3 Å². The van der Waals surface area contributed by atoms with Crippen LogP contribution in [0.5, 0.6) is 0 Å². The average molecular weight is 212 g/mol. The van der Waals surface area contributed by atoms with Crippen molar-refractivity contribution < 1.29 is 0 Å². The number of nitrogens with zero attached hydrogens (tertiary/aromatic N) is 1. The molecule has 3 heteroatoms. The highest BCUT2D eigenvalue weighted by Gasteiger charge is 2.34. The molecule has 2 N–H and O–H groups in total. The molecule has 2 nitrogen and oxygen atoms in total. The van der Waals surface area contributed by atoms with E-state index >= 15 is 0 Å². The predicted molar refractivity (Wildman–Crippen MR) is 68.4 cm³/mol. The first kappa shape index (κ1) is 9.97. The maximum atomic E-state index is 6.28. The van der Waals surface area contributed by atoms with Gasteiger partial charge in [0.25, 0.3) is 0 Å². The minimum Gasteiger partial charge on any atom is -0.390 e. The fraction of sp³-hybridized carbons (Fsp3) is 0.385. The van der Waals surface area contributed by atoms with Gasteiger partial charge in [0.1, 0.15) is 0 Å². The highest BCUT2D eigenvalue weighted by atomic mass is 15.0. The molecule has 2 unspecified atom stereocenters. The van der Waals surface area contributed by atoms with E-state index in [1.54, 1.807) is 0 Å². The van der Waals surface area contributed by atoms with Crippen LogP contribution < -0.4 is 5.73 Å². The molecule has 16 heavy (non-hydrogen) atoms. The summed E-state index contributed by atoms with van der Waals surface area (Å²) in [5.74, 6) is 2.87. The Morgan fingerprint density at radius 2 is 2.25 bits per heavy atom. The lowest BCUT2D eigenvalue weighted by Crippen LogP contribution is -2.43. The molecule has 0 spiro atoms. The lowest BCUT2D eigenvalue weighted by atomic mass is 9.47. The van der Waals surface area contributed by atoms with Crippen molar-refractivity contribution >= 4 is 6.85 Å². The number of allylic oxidation sites excluding steroid dienone is 3. The maximum absolute atomic E-state index is 6.28. The van der Waals surface area contributed by atoms with Gasteiger partial charge in [-0.2, -0.15) is 0 Å². The highest BCUT2D eigenvalue weighted by Crippen LogP contribution is 2.35. The van der Waals surface area contributed by atoms with E-state index < -0.39 is 0 Å². The van der Waals surface area contributed by atoms with Gasteiger partial charge in [0.15, 0.2) is 0 Å². The zero-order valence-corrected chi connectivity index (χ0v) is 9.63. The fourth-order valence-electron chi connectivity index (χ4n) is 2.88. The van der Waals surface area contributed by atoms with Gasteiger partial charge in [-0.15, -0.1) is 0 Å². The van der Waals surface area contributed by atoms with Gasteiger partial charge in [0.05, 0.1) is 0 Å². The molecule has 2 heterocycles. The number of nitrogens with two attached hydrogens (primary N) is 1. The Hall–Kier alpha value is -1.22. The largest absolute Gasteiger partial charge is 0.390 e. The van der Waals surface area contributed by atoms with Crippen LogP contribution in [0.15, 0.2) is 47.6 Å². The quantitative estimate of drug-likeness (QED) is 0.622. The normalized spacial score (nSPS) is 31.9. The van der Waals surface area contributed by atoms with Crippen LogP contribution in [0, 0.1) is 5.92 Å². The van der Waals surface area contributed by atoms with Gasteiger partial charge in [-0.25, -0.2) is 0 Å². The van der Waals surface area contributed by atoms with Gasteiger partial charge in [-0.3, -0.25) is 0 Å². The van der Waals surface area contributed by atoms with Gasteiger partial charge in [0, 0.05) is 6.04 Å². The second kappa shape index (κ2) is 3.67. The molecule has 0 aromatic carbocycles. The van der Waals surface area contributed by atoms with Gasteiger partial charge in [-0.05, 0) is 48.9 Å². The first-order chi connectivity index (χ1) is 7.77. The second-order valence-corrected chi connectivity index (χ2v) is 4.96. The van der Waals surface area contributed by atoms with Crippen molar-refractivity contribution in [1.82, 2.24) is 4.81 Å². The summed E-state index contributed by atoms with van der Waals surface area (Å²) in [7, 11) is 0. The van der Waals surface area contributed by atoms with E-state index in [1.807, 2.05) is 0 Å². The average Bonchev–Trinajstić information content (AvgIpc) is 2.33. The Morgan fingerprint density at radius 1 is 1.38 bits per heavy atom. The maximum Gasteiger partial charge on any atom is 0.315 e. The van der Waals surface area contributed by atoms with E-state index in [9.17, 15) is 0 Å². The van der Waals surface area contributed by atoms with Crippen LogP contribution in [0.3, 0.4) is 0 Å². The van der Waals surface area contributed by atoms with Crippen molar-refractivity contribution in [3.63, 3.8) is 0 Å². The van der Waals surface area contributed by atoms with Crippen LogP contribution in [0.4, 0.5) is 0 Å². The predicted octanol–water partition coefficient (Wildman–Crippen LogP) is 2.02. The molecule has 0 fully saturated rings. The molecule has 3 aliphatic rings. The van der Waals surface area contributed by atoms with Crippen LogP contribution in [0.1, 0.15) is 19.8 Å². The molecule has 0 saturated heterocycles. The van der Waals surface area contributed by atoms with E-state index in [1.165, 1.54) is 23.9 Å². The molecule has 82 valence electrons. The van der Waals surface area contributed by atoms with Crippen LogP contribution in [0.25, 0.3) is 0 Å². The van der Waals surface area contributed by atoms with Gasteiger partial charge in [-0.1, -0.05) is 24.4 Å². The lowest BCUT2D eigenvalue weighted by Gasteiger charge is -2.38. The van der Waals surface area contributed by atoms with E-state index in [4.69, 9.17) is 5.73 Å². The molecule has 0 radical (unpaired) electrons. The van der Waals surface area contributed by atoms with Crippen LogP contribution in [-0.2, 0) is 0 Å². The van der Waals surface area contributed by atoms with Crippen molar-refractivity contribution in [2.75, 3.05) is 0 Å². The molecular formula is C13H17BN2. The summed E-state index contributed by atoms with van der Waals surface area (Å²) >= 11 is 0. The summed E-state index contributed by atoms with van der Waals surface area (Å²) in [6.45, 7) is 2.68. The summed E-state index contributed by atoms with van der Waals surface area (Å²) in [6.07, 6.45) is 13.1. The van der Waals surface area contributed by atoms with Crippen LogP contribution in [0.2, 0.25) is 0 Å². The monoisotopic (exact) mass is 212 g/mol. The number of fused-ring (bicyclic) bond motifs is 2. The molecular weight excluding hydrogens is 195 g/mol. The lowest BCUT2D eigenvalue weighted by molar-refractivity contribution is 0.445. The SMILES string of the molecule is CC1CCC2=C(C=CN3C=CC=CB23)C1N. The Labute approximate surface area is 97.3 Å². The summed E-state index contributed by atoms with van der Waals surface area (Å²) in [5, 5.41) is 0. The summed E-state index contributed by atoms with van der Waals surface area (Å²) in [4.78, 5) is 2.27. The smallest absolute Gasteiger partial charge is 0.315 e. The second-order valence-electron chi connectivity index (χ2n) is 4.96. The summed E-state index contributed by atoms with van der Waals surface area (Å²) < 4.78 is 0. The van der Waals surface area contributed by atoms with Crippen LogP contribution >= 0.6 is 0 Å². The standard InChI is InChI=1S/C13H17BN2/c1-10-4-5-12-11(13(10)15)6-9-16-8-3-2-7-14(12)16/h2-3,6-10,13H,4-5,15H2,1H3. The third-order valence-electron chi connectivity index (χ3n) is 3.98. The van der Waals surface area contributed by atoms with Crippen molar-refractivity contribution in [2.24, 2.45) is 11.7 Å². The Morgan fingerprint density at radius 3 is 3.12 bits per heavy atom. The van der Waals surface area contributed by atoms with Gasteiger partial charge < -0.3 is 10.5 Å². The number of hydrogen-bond donors (Lipinski definition) is 1. The molecule has 3 rings (SSSR count). The van der Waals surface area contributed by atoms with E-state index in [-0.39, 0.29) is 6.04 Å². The van der Waals surface area contributed by atoms with Crippen LogP contribution in [-0.4, -0.2) is 17.7 Å². The topological polar surface area (TPSA) is 29.3 Å². The van der Waals surface area contributed by atoms with E-state index in [0.717, 1.165) is 0 Å². The molecule has 0 aromatic rings. The van der Waals surface area contributed by atoms with Gasteiger partial charge >= 0.3 is 6.85 Å². The Bertz CT molecular complexity index is 420. The first-order valence-electron chi connectivity index (χ1n) is 6.06. The Kier molecular flexibility index (Phi) is 2.29. The van der Waals surface area contributed by atoms with Gasteiger partial charge in [0.2, 0.25) is 0 Å².